The number of nitrogens with one attached hydrogen (secondary N) is 1. The molecule has 0 aliphatic carbocycles. The van der Waals surface area contributed by atoms with Crippen LogP contribution in [0.4, 0.5) is 5.69 Å². The van der Waals surface area contributed by atoms with Crippen molar-refractivity contribution in [3.8, 4) is 0 Å². The standard InChI is InChI=1S/C17H30N2/c1-5-9-18-10-7-6-8-11-19(4)17-13-15(2)12-16(3)14-17/h12-14,18H,5-11H2,1-4H3. The number of unbranched alkanes of at least 4 members (excludes halogenated alkanes) is 2. The van der Waals surface area contributed by atoms with E-state index in [0.29, 0.717) is 0 Å². The van der Waals surface area contributed by atoms with Gasteiger partial charge in [-0.3, -0.25) is 0 Å². The largest absolute Gasteiger partial charge is 0.375 e. The molecule has 0 radical (unpaired) electrons. The summed E-state index contributed by atoms with van der Waals surface area (Å²) in [6.45, 7) is 10.0. The van der Waals surface area contributed by atoms with Crippen molar-refractivity contribution >= 4 is 5.69 Å². The fourth-order valence-electron chi connectivity index (χ4n) is 2.38. The third-order valence-corrected chi connectivity index (χ3v) is 3.42. The third-order valence-electron chi connectivity index (χ3n) is 3.42. The number of rotatable bonds is 9. The molecule has 0 spiro atoms. The van der Waals surface area contributed by atoms with E-state index in [1.807, 2.05) is 0 Å². The first-order valence-corrected chi connectivity index (χ1v) is 7.63. The van der Waals surface area contributed by atoms with Gasteiger partial charge in [0.1, 0.15) is 0 Å². The van der Waals surface area contributed by atoms with Gasteiger partial charge in [-0.2, -0.15) is 0 Å². The van der Waals surface area contributed by atoms with Gasteiger partial charge < -0.3 is 10.2 Å². The minimum atomic E-state index is 1.15. The highest BCUT2D eigenvalue weighted by Crippen LogP contribution is 2.17. The number of anilines is 1. The van der Waals surface area contributed by atoms with Crippen molar-refractivity contribution in [3.63, 3.8) is 0 Å². The summed E-state index contributed by atoms with van der Waals surface area (Å²) in [7, 11) is 2.20. The third kappa shape index (κ3) is 6.63. The van der Waals surface area contributed by atoms with E-state index in [4.69, 9.17) is 0 Å². The Morgan fingerprint density at radius 2 is 1.63 bits per heavy atom. The van der Waals surface area contributed by atoms with Gasteiger partial charge in [-0.15, -0.1) is 0 Å². The second-order valence-electron chi connectivity index (χ2n) is 5.58. The fraction of sp³-hybridized carbons (Fsp3) is 0.647. The van der Waals surface area contributed by atoms with E-state index in [1.165, 1.54) is 49.0 Å². The number of benzene rings is 1. The molecule has 0 heterocycles. The molecule has 1 aromatic rings. The first-order valence-electron chi connectivity index (χ1n) is 7.63. The summed E-state index contributed by atoms with van der Waals surface area (Å²) in [6.07, 6.45) is 5.11. The zero-order valence-electron chi connectivity index (χ0n) is 13.1. The molecule has 0 aliphatic rings. The van der Waals surface area contributed by atoms with Gasteiger partial charge in [-0.25, -0.2) is 0 Å². The van der Waals surface area contributed by atoms with Crippen molar-refractivity contribution in [1.29, 1.82) is 0 Å². The maximum Gasteiger partial charge on any atom is 0.0368 e. The lowest BCUT2D eigenvalue weighted by Gasteiger charge is -2.20. The van der Waals surface area contributed by atoms with Crippen LogP contribution in [0.15, 0.2) is 18.2 Å². The second-order valence-corrected chi connectivity index (χ2v) is 5.58. The predicted molar refractivity (Wildman–Crippen MR) is 86.2 cm³/mol. The molecular weight excluding hydrogens is 232 g/mol. The zero-order valence-corrected chi connectivity index (χ0v) is 13.1. The van der Waals surface area contributed by atoms with Crippen LogP contribution in [0.2, 0.25) is 0 Å². The van der Waals surface area contributed by atoms with Crippen LogP contribution in [0.5, 0.6) is 0 Å². The molecule has 0 saturated heterocycles. The summed E-state index contributed by atoms with van der Waals surface area (Å²) >= 11 is 0. The van der Waals surface area contributed by atoms with Crippen molar-refractivity contribution < 1.29 is 0 Å². The van der Waals surface area contributed by atoms with Gasteiger partial charge in [0.15, 0.2) is 0 Å². The van der Waals surface area contributed by atoms with Crippen LogP contribution in [-0.4, -0.2) is 26.7 Å². The molecule has 2 heteroatoms. The van der Waals surface area contributed by atoms with Gasteiger partial charge in [0, 0.05) is 19.3 Å². The molecule has 0 aromatic heterocycles. The van der Waals surface area contributed by atoms with Gasteiger partial charge in [-0.1, -0.05) is 19.4 Å². The van der Waals surface area contributed by atoms with Crippen LogP contribution in [0.25, 0.3) is 0 Å². The highest BCUT2D eigenvalue weighted by molar-refractivity contribution is 5.50. The SMILES string of the molecule is CCCNCCCCCN(C)c1cc(C)cc(C)c1. The van der Waals surface area contributed by atoms with E-state index < -0.39 is 0 Å². The number of hydrogen-bond donors (Lipinski definition) is 1. The molecule has 1 aromatic carbocycles. The highest BCUT2D eigenvalue weighted by Gasteiger charge is 2.02. The van der Waals surface area contributed by atoms with Gasteiger partial charge >= 0.3 is 0 Å². The number of nitrogens with zero attached hydrogens (tertiary/aromatic N) is 1. The average molecular weight is 262 g/mol. The monoisotopic (exact) mass is 262 g/mol. The maximum atomic E-state index is 3.46. The number of hydrogen-bond acceptors (Lipinski definition) is 2. The van der Waals surface area contributed by atoms with Gasteiger partial charge in [0.2, 0.25) is 0 Å². The van der Waals surface area contributed by atoms with Crippen LogP contribution in [0.3, 0.4) is 0 Å². The minimum Gasteiger partial charge on any atom is -0.375 e. The van der Waals surface area contributed by atoms with E-state index in [9.17, 15) is 0 Å². The Kier molecular flexibility index (Phi) is 7.57. The van der Waals surface area contributed by atoms with E-state index in [2.05, 4.69) is 56.2 Å². The molecule has 0 amide bonds. The molecule has 0 atom stereocenters. The summed E-state index contributed by atoms with van der Waals surface area (Å²) in [5, 5.41) is 3.46. The van der Waals surface area contributed by atoms with Crippen LogP contribution in [0.1, 0.15) is 43.7 Å². The van der Waals surface area contributed by atoms with Crippen molar-refractivity contribution in [2.24, 2.45) is 0 Å². The molecule has 1 rings (SSSR count). The summed E-state index contributed by atoms with van der Waals surface area (Å²) in [5.41, 5.74) is 4.05. The predicted octanol–water partition coefficient (Wildman–Crippen LogP) is 3.91. The van der Waals surface area contributed by atoms with Crippen LogP contribution < -0.4 is 10.2 Å². The van der Waals surface area contributed by atoms with E-state index in [0.717, 1.165) is 13.1 Å². The molecule has 0 bridgehead atoms. The molecule has 0 saturated carbocycles. The van der Waals surface area contributed by atoms with Crippen molar-refractivity contribution in [3.05, 3.63) is 29.3 Å². The smallest absolute Gasteiger partial charge is 0.0368 e. The Morgan fingerprint density at radius 1 is 0.947 bits per heavy atom. The van der Waals surface area contributed by atoms with E-state index in [-0.39, 0.29) is 0 Å². The van der Waals surface area contributed by atoms with Crippen molar-refractivity contribution in [1.82, 2.24) is 5.32 Å². The normalized spacial score (nSPS) is 10.7. The topological polar surface area (TPSA) is 15.3 Å². The Hall–Kier alpha value is -1.02. The Balaban J connectivity index is 2.22. The van der Waals surface area contributed by atoms with Gasteiger partial charge in [-0.05, 0) is 69.5 Å². The molecule has 0 aliphatic heterocycles. The molecule has 108 valence electrons. The fourth-order valence-corrected chi connectivity index (χ4v) is 2.38. The maximum absolute atomic E-state index is 3.46. The molecule has 1 N–H and O–H groups in total. The Bertz CT molecular complexity index is 340. The van der Waals surface area contributed by atoms with Gasteiger partial charge in [0.25, 0.3) is 0 Å². The zero-order chi connectivity index (χ0) is 14.1. The quantitative estimate of drug-likeness (QED) is 0.679. The molecule has 0 unspecified atom stereocenters. The molecule has 19 heavy (non-hydrogen) atoms. The summed E-state index contributed by atoms with van der Waals surface area (Å²) in [6, 6.07) is 6.78. The van der Waals surface area contributed by atoms with Crippen LogP contribution in [-0.2, 0) is 0 Å². The molecular formula is C17H30N2. The van der Waals surface area contributed by atoms with Gasteiger partial charge in [0.05, 0.1) is 0 Å². The average Bonchev–Trinajstić information content (AvgIpc) is 2.36. The molecule has 2 nitrogen and oxygen atoms in total. The molecule has 0 fully saturated rings. The van der Waals surface area contributed by atoms with Crippen molar-refractivity contribution in [2.45, 2.75) is 46.5 Å². The van der Waals surface area contributed by atoms with Crippen molar-refractivity contribution in [2.75, 3.05) is 31.6 Å². The van der Waals surface area contributed by atoms with E-state index in [1.54, 1.807) is 0 Å². The lowest BCUT2D eigenvalue weighted by molar-refractivity contribution is 0.598. The second kappa shape index (κ2) is 8.98. The Labute approximate surface area is 119 Å². The number of aryl methyl sites for hydroxylation is 2. The minimum absolute atomic E-state index is 1.15. The van der Waals surface area contributed by atoms with Crippen LogP contribution >= 0.6 is 0 Å². The lowest BCUT2D eigenvalue weighted by Crippen LogP contribution is -2.19. The van der Waals surface area contributed by atoms with E-state index >= 15 is 0 Å². The highest BCUT2D eigenvalue weighted by atomic mass is 15.1. The first kappa shape index (κ1) is 16.0. The first-order chi connectivity index (χ1) is 9.13. The van der Waals surface area contributed by atoms with Crippen LogP contribution in [0, 0.1) is 13.8 Å². The summed E-state index contributed by atoms with van der Waals surface area (Å²) < 4.78 is 0. The lowest BCUT2D eigenvalue weighted by atomic mass is 10.1. The Morgan fingerprint density at radius 3 is 2.26 bits per heavy atom. The summed E-state index contributed by atoms with van der Waals surface area (Å²) in [5.74, 6) is 0. The summed E-state index contributed by atoms with van der Waals surface area (Å²) in [4.78, 5) is 2.37.